The number of aliphatic hydroxyl groups excluding tert-OH is 1. The number of carbonyl (C=O) groups is 2. The van der Waals surface area contributed by atoms with E-state index in [9.17, 15) is 14.7 Å². The summed E-state index contributed by atoms with van der Waals surface area (Å²) in [6, 6.07) is 23.4. The van der Waals surface area contributed by atoms with E-state index in [1.165, 1.54) is 16.2 Å². The number of carbonyl (C=O) groups excluding carboxylic acids is 2. The molecule has 0 saturated carbocycles. The molecule has 1 amide bonds. The highest BCUT2D eigenvalue weighted by Crippen LogP contribution is 2.45. The molecular formula is C27H16BrNO4S. The van der Waals surface area contributed by atoms with E-state index in [-0.39, 0.29) is 11.3 Å². The van der Waals surface area contributed by atoms with Gasteiger partial charge in [0, 0.05) is 20.1 Å². The smallest absolute Gasteiger partial charge is 0.294 e. The van der Waals surface area contributed by atoms with E-state index in [1.807, 2.05) is 72.1 Å². The number of Topliss-reactive ketones (excluding diaryl/α,β-unsaturated/α-hetero) is 1. The first-order valence-electron chi connectivity index (χ1n) is 10.5. The van der Waals surface area contributed by atoms with Gasteiger partial charge in [-0.25, -0.2) is 0 Å². The monoisotopic (exact) mass is 529 g/mol. The van der Waals surface area contributed by atoms with Gasteiger partial charge in [0.2, 0.25) is 5.78 Å². The van der Waals surface area contributed by atoms with E-state index in [2.05, 4.69) is 15.9 Å². The number of nitrogens with zero attached hydrogens (tertiary/aromatic N) is 1. The average Bonchev–Trinajstić information content (AvgIpc) is 3.57. The molecule has 5 nitrogen and oxygen atoms in total. The molecule has 0 saturated heterocycles. The summed E-state index contributed by atoms with van der Waals surface area (Å²) in [6.45, 7) is 0. The number of benzene rings is 3. The Hall–Kier alpha value is -3.68. The number of ketones is 1. The molecule has 1 N–H and O–H groups in total. The number of rotatable bonds is 4. The van der Waals surface area contributed by atoms with Crippen LogP contribution in [0.2, 0.25) is 0 Å². The van der Waals surface area contributed by atoms with E-state index in [1.54, 1.807) is 12.1 Å². The zero-order valence-electron chi connectivity index (χ0n) is 17.6. The fraction of sp³-hybridized carbons (Fsp3) is 0.0370. The molecule has 0 radical (unpaired) electrons. The lowest BCUT2D eigenvalue weighted by molar-refractivity contribution is -0.117. The van der Waals surface area contributed by atoms with Gasteiger partial charge in [0.05, 0.1) is 11.3 Å². The Kier molecular flexibility index (Phi) is 4.90. The van der Waals surface area contributed by atoms with Crippen LogP contribution in [0.4, 0.5) is 5.69 Å². The second kappa shape index (κ2) is 7.97. The topological polar surface area (TPSA) is 70.8 Å². The van der Waals surface area contributed by atoms with Gasteiger partial charge in [-0.15, -0.1) is 11.3 Å². The number of fused-ring (bicyclic) bond motifs is 2. The molecule has 0 aliphatic carbocycles. The normalized spacial score (nSPS) is 16.2. The predicted octanol–water partition coefficient (Wildman–Crippen LogP) is 7.19. The number of aliphatic hydroxyl groups is 1. The number of hydrogen-bond donors (Lipinski definition) is 1. The predicted molar refractivity (Wildman–Crippen MR) is 136 cm³/mol. The molecule has 1 aliphatic heterocycles. The van der Waals surface area contributed by atoms with Gasteiger partial charge in [-0.1, -0.05) is 58.4 Å². The van der Waals surface area contributed by atoms with E-state index >= 15 is 0 Å². The molecular weight excluding hydrogens is 514 g/mol. The molecule has 0 fully saturated rings. The van der Waals surface area contributed by atoms with Crippen LogP contribution in [0, 0.1) is 0 Å². The fourth-order valence-electron chi connectivity index (χ4n) is 4.48. The first kappa shape index (κ1) is 20.9. The van der Waals surface area contributed by atoms with Crippen LogP contribution in [0.25, 0.3) is 21.7 Å². The maximum Gasteiger partial charge on any atom is 0.294 e. The molecule has 0 spiro atoms. The van der Waals surface area contributed by atoms with Gasteiger partial charge in [-0.2, -0.15) is 0 Å². The molecule has 34 heavy (non-hydrogen) atoms. The van der Waals surface area contributed by atoms with Crippen molar-refractivity contribution in [2.24, 2.45) is 0 Å². The van der Waals surface area contributed by atoms with Crippen LogP contribution in [-0.4, -0.2) is 16.8 Å². The number of anilines is 1. The Morgan fingerprint density at radius 2 is 1.79 bits per heavy atom. The molecule has 3 heterocycles. The Labute approximate surface area is 206 Å². The number of furan rings is 1. The quantitative estimate of drug-likeness (QED) is 0.250. The molecule has 166 valence electrons. The van der Waals surface area contributed by atoms with Crippen molar-refractivity contribution in [3.8, 4) is 0 Å². The largest absolute Gasteiger partial charge is 0.503 e. The van der Waals surface area contributed by atoms with Crippen molar-refractivity contribution in [3.05, 3.63) is 111 Å². The summed E-state index contributed by atoms with van der Waals surface area (Å²) < 4.78 is 6.67. The zero-order valence-corrected chi connectivity index (χ0v) is 20.0. The van der Waals surface area contributed by atoms with E-state index in [4.69, 9.17) is 4.42 Å². The van der Waals surface area contributed by atoms with Crippen LogP contribution < -0.4 is 4.90 Å². The Bertz CT molecular complexity index is 1630. The maximum absolute atomic E-state index is 13.7. The molecule has 3 aromatic carbocycles. The highest BCUT2D eigenvalue weighted by molar-refractivity contribution is 9.10. The molecule has 1 unspecified atom stereocenters. The summed E-state index contributed by atoms with van der Waals surface area (Å²) in [7, 11) is 0. The van der Waals surface area contributed by atoms with E-state index in [0.717, 1.165) is 25.5 Å². The highest BCUT2D eigenvalue weighted by atomic mass is 79.9. The molecule has 0 bridgehead atoms. The van der Waals surface area contributed by atoms with Crippen LogP contribution in [0.5, 0.6) is 0 Å². The summed E-state index contributed by atoms with van der Waals surface area (Å²) in [6.07, 6.45) is 0. The summed E-state index contributed by atoms with van der Waals surface area (Å²) in [5.74, 6) is -1.61. The Morgan fingerprint density at radius 1 is 0.971 bits per heavy atom. The van der Waals surface area contributed by atoms with E-state index in [0.29, 0.717) is 11.3 Å². The summed E-state index contributed by atoms with van der Waals surface area (Å²) >= 11 is 4.85. The molecule has 1 atom stereocenters. The third kappa shape index (κ3) is 3.20. The maximum atomic E-state index is 13.7. The first-order valence-corrected chi connectivity index (χ1v) is 12.2. The van der Waals surface area contributed by atoms with Crippen LogP contribution in [-0.2, 0) is 4.79 Å². The lowest BCUT2D eigenvalue weighted by atomic mass is 9.99. The van der Waals surface area contributed by atoms with Crippen molar-refractivity contribution in [2.45, 2.75) is 6.04 Å². The van der Waals surface area contributed by atoms with Gasteiger partial charge >= 0.3 is 0 Å². The zero-order chi connectivity index (χ0) is 23.4. The highest BCUT2D eigenvalue weighted by Gasteiger charge is 2.46. The number of hydrogen-bond acceptors (Lipinski definition) is 5. The minimum absolute atomic E-state index is 0.0125. The van der Waals surface area contributed by atoms with Crippen LogP contribution in [0.15, 0.2) is 104 Å². The minimum atomic E-state index is -0.772. The van der Waals surface area contributed by atoms with Gasteiger partial charge in [0.25, 0.3) is 5.91 Å². The van der Waals surface area contributed by atoms with Gasteiger partial charge in [-0.3, -0.25) is 14.5 Å². The third-order valence-electron chi connectivity index (χ3n) is 5.99. The fourth-order valence-corrected chi connectivity index (χ4v) is 5.68. The lowest BCUT2D eigenvalue weighted by Gasteiger charge is -2.26. The van der Waals surface area contributed by atoms with Crippen LogP contribution >= 0.6 is 27.3 Å². The number of thiophene rings is 1. The van der Waals surface area contributed by atoms with Crippen molar-refractivity contribution in [2.75, 3.05) is 4.90 Å². The average molecular weight is 530 g/mol. The second-order valence-electron chi connectivity index (χ2n) is 7.98. The standard InChI is InChI=1S/C27H16BrNO4S/c28-17-10-11-20-16(13-17)14-21(33-20)25(30)23-24(22-9-4-12-34-22)29(27(32)26(23)31)19-8-3-6-15-5-1-2-7-18(15)19/h1-14,24,31H. The number of amides is 1. The van der Waals surface area contributed by atoms with Gasteiger partial charge in [0.1, 0.15) is 11.6 Å². The van der Waals surface area contributed by atoms with Crippen molar-refractivity contribution in [3.63, 3.8) is 0 Å². The third-order valence-corrected chi connectivity index (χ3v) is 7.41. The molecule has 1 aliphatic rings. The minimum Gasteiger partial charge on any atom is -0.503 e. The Morgan fingerprint density at radius 3 is 2.62 bits per heavy atom. The molecule has 5 aromatic rings. The van der Waals surface area contributed by atoms with Crippen molar-refractivity contribution >= 4 is 66.4 Å². The SMILES string of the molecule is O=C(C1=C(O)C(=O)N(c2cccc3ccccc23)C1c1cccs1)c1cc2cc(Br)ccc2o1. The first-order chi connectivity index (χ1) is 16.5. The summed E-state index contributed by atoms with van der Waals surface area (Å²) in [5, 5.41) is 15.5. The van der Waals surface area contributed by atoms with Gasteiger partial charge in [-0.05, 0) is 47.2 Å². The Balaban J connectivity index is 1.52. The summed E-state index contributed by atoms with van der Waals surface area (Å²) in [5.41, 5.74) is 1.19. The summed E-state index contributed by atoms with van der Waals surface area (Å²) in [4.78, 5) is 29.4. The van der Waals surface area contributed by atoms with Crippen molar-refractivity contribution in [1.29, 1.82) is 0 Å². The van der Waals surface area contributed by atoms with Crippen molar-refractivity contribution in [1.82, 2.24) is 0 Å². The molecule has 2 aromatic heterocycles. The number of halogens is 1. The molecule has 7 heteroatoms. The second-order valence-corrected chi connectivity index (χ2v) is 9.87. The van der Waals surface area contributed by atoms with Gasteiger partial charge < -0.3 is 9.52 Å². The van der Waals surface area contributed by atoms with Crippen LogP contribution in [0.3, 0.4) is 0 Å². The molecule has 6 rings (SSSR count). The van der Waals surface area contributed by atoms with Crippen molar-refractivity contribution < 1.29 is 19.1 Å². The van der Waals surface area contributed by atoms with E-state index < -0.39 is 23.5 Å². The van der Waals surface area contributed by atoms with Gasteiger partial charge in [0.15, 0.2) is 11.5 Å². The lowest BCUT2D eigenvalue weighted by Crippen LogP contribution is -2.30. The van der Waals surface area contributed by atoms with Crippen LogP contribution in [0.1, 0.15) is 21.5 Å².